The van der Waals surface area contributed by atoms with Crippen LogP contribution in [0.4, 0.5) is 0 Å². The number of hydrogen-bond donors (Lipinski definition) is 0. The molecular formula is C16H11ClN2O5S. The van der Waals surface area contributed by atoms with Crippen molar-refractivity contribution in [1.82, 2.24) is 10.1 Å². The van der Waals surface area contributed by atoms with Gasteiger partial charge in [-0.05, 0) is 23.6 Å². The van der Waals surface area contributed by atoms with Gasteiger partial charge in [-0.1, -0.05) is 22.8 Å². The predicted octanol–water partition coefficient (Wildman–Crippen LogP) is 3.58. The van der Waals surface area contributed by atoms with Crippen LogP contribution in [0.1, 0.15) is 16.2 Å². The summed E-state index contributed by atoms with van der Waals surface area (Å²) in [5, 5.41) is 6.06. The van der Waals surface area contributed by atoms with E-state index in [0.29, 0.717) is 35.6 Å². The van der Waals surface area contributed by atoms with Gasteiger partial charge in [0.2, 0.25) is 5.82 Å². The number of aromatic nitrogens is 2. The van der Waals surface area contributed by atoms with Crippen LogP contribution in [0.15, 0.2) is 34.2 Å². The van der Waals surface area contributed by atoms with Crippen molar-refractivity contribution < 1.29 is 23.5 Å². The number of carbonyl (C=O) groups excluding carboxylic acids is 1. The normalized spacial score (nSPS) is 12.8. The van der Waals surface area contributed by atoms with Gasteiger partial charge in [-0.25, -0.2) is 4.79 Å². The van der Waals surface area contributed by atoms with E-state index in [9.17, 15) is 4.79 Å². The third-order valence-corrected chi connectivity index (χ3v) is 4.52. The zero-order valence-electron chi connectivity index (χ0n) is 12.7. The molecule has 1 aliphatic heterocycles. The van der Waals surface area contributed by atoms with Crippen LogP contribution in [0.5, 0.6) is 11.5 Å². The minimum Gasteiger partial charge on any atom is -0.486 e. The summed E-state index contributed by atoms with van der Waals surface area (Å²) in [5.74, 6) is 0.948. The summed E-state index contributed by atoms with van der Waals surface area (Å²) in [4.78, 5) is 17.3. The monoisotopic (exact) mass is 378 g/mol. The highest BCUT2D eigenvalue weighted by Gasteiger charge is 2.20. The van der Waals surface area contributed by atoms with E-state index in [1.807, 2.05) is 17.5 Å². The van der Waals surface area contributed by atoms with E-state index in [2.05, 4.69) is 10.1 Å². The first-order valence-electron chi connectivity index (χ1n) is 7.33. The molecule has 0 bridgehead atoms. The maximum atomic E-state index is 12.2. The standard InChI is InChI=1S/C16H11ClN2O5S/c17-10-6-9(7-11-14(10)22-4-3-21-11)16(20)23-8-13-18-15(19-24-13)12-2-1-5-25-12/h1-2,5-7H,3-4,8H2. The molecule has 25 heavy (non-hydrogen) atoms. The topological polar surface area (TPSA) is 83.7 Å². The van der Waals surface area contributed by atoms with E-state index in [0.717, 1.165) is 4.88 Å². The second kappa shape index (κ2) is 6.73. The average Bonchev–Trinajstić information content (AvgIpc) is 3.31. The number of fused-ring (bicyclic) bond motifs is 1. The highest BCUT2D eigenvalue weighted by Crippen LogP contribution is 2.38. The lowest BCUT2D eigenvalue weighted by molar-refractivity contribution is 0.0429. The van der Waals surface area contributed by atoms with Crippen LogP contribution in [0.25, 0.3) is 10.7 Å². The number of hydrogen-bond acceptors (Lipinski definition) is 8. The summed E-state index contributed by atoms with van der Waals surface area (Å²) in [6.45, 7) is 0.679. The first-order chi connectivity index (χ1) is 12.2. The number of nitrogens with zero attached hydrogens (tertiary/aromatic N) is 2. The van der Waals surface area contributed by atoms with Crippen molar-refractivity contribution in [2.75, 3.05) is 13.2 Å². The Morgan fingerprint density at radius 3 is 3.04 bits per heavy atom. The third-order valence-electron chi connectivity index (χ3n) is 3.37. The van der Waals surface area contributed by atoms with Gasteiger partial charge in [0, 0.05) is 0 Å². The number of benzene rings is 1. The molecule has 0 atom stereocenters. The zero-order valence-corrected chi connectivity index (χ0v) is 14.3. The van der Waals surface area contributed by atoms with Crippen LogP contribution in [0.2, 0.25) is 5.02 Å². The lowest BCUT2D eigenvalue weighted by Crippen LogP contribution is -2.16. The van der Waals surface area contributed by atoms with Gasteiger partial charge in [0.25, 0.3) is 5.89 Å². The van der Waals surface area contributed by atoms with E-state index in [-0.39, 0.29) is 18.1 Å². The molecule has 0 N–H and O–H groups in total. The quantitative estimate of drug-likeness (QED) is 0.641. The molecule has 0 radical (unpaired) electrons. The molecular weight excluding hydrogens is 368 g/mol. The lowest BCUT2D eigenvalue weighted by atomic mass is 10.2. The van der Waals surface area contributed by atoms with Gasteiger partial charge >= 0.3 is 5.97 Å². The Balaban J connectivity index is 1.45. The van der Waals surface area contributed by atoms with Gasteiger partial charge in [0.15, 0.2) is 18.1 Å². The molecule has 0 saturated carbocycles. The van der Waals surface area contributed by atoms with Crippen molar-refractivity contribution in [3.05, 3.63) is 46.1 Å². The van der Waals surface area contributed by atoms with Gasteiger partial charge in [-0.15, -0.1) is 11.3 Å². The van der Waals surface area contributed by atoms with Gasteiger partial charge < -0.3 is 18.7 Å². The first kappa shape index (κ1) is 15.9. The molecule has 0 fully saturated rings. The number of esters is 1. The average molecular weight is 379 g/mol. The molecule has 4 rings (SSSR count). The van der Waals surface area contributed by atoms with E-state index < -0.39 is 5.97 Å². The van der Waals surface area contributed by atoms with Gasteiger partial charge in [-0.2, -0.15) is 4.98 Å². The van der Waals surface area contributed by atoms with Crippen LogP contribution >= 0.6 is 22.9 Å². The Bertz CT molecular complexity index is 909. The van der Waals surface area contributed by atoms with Crippen molar-refractivity contribution in [3.8, 4) is 22.2 Å². The number of ether oxygens (including phenoxy) is 3. The van der Waals surface area contributed by atoms with E-state index in [4.69, 9.17) is 30.3 Å². The van der Waals surface area contributed by atoms with Crippen molar-refractivity contribution >= 4 is 28.9 Å². The maximum Gasteiger partial charge on any atom is 0.338 e. The second-order valence-electron chi connectivity index (χ2n) is 5.05. The van der Waals surface area contributed by atoms with Gasteiger partial charge in [-0.3, -0.25) is 0 Å². The van der Waals surface area contributed by atoms with Crippen molar-refractivity contribution in [2.45, 2.75) is 6.61 Å². The zero-order chi connectivity index (χ0) is 17.2. The minimum atomic E-state index is -0.574. The molecule has 128 valence electrons. The number of thiophene rings is 1. The molecule has 0 aliphatic carbocycles. The van der Waals surface area contributed by atoms with Crippen LogP contribution in [0, 0.1) is 0 Å². The third kappa shape index (κ3) is 3.31. The van der Waals surface area contributed by atoms with Crippen molar-refractivity contribution in [2.24, 2.45) is 0 Å². The molecule has 7 nitrogen and oxygen atoms in total. The Hall–Kier alpha value is -2.58. The Labute approximate surface area is 151 Å². The number of halogens is 1. The summed E-state index contributed by atoms with van der Waals surface area (Å²) >= 11 is 7.61. The molecule has 9 heteroatoms. The van der Waals surface area contributed by atoms with E-state index in [1.165, 1.54) is 23.5 Å². The second-order valence-corrected chi connectivity index (χ2v) is 6.40. The number of carbonyl (C=O) groups is 1. The number of rotatable bonds is 4. The fourth-order valence-corrected chi connectivity index (χ4v) is 3.17. The molecule has 0 amide bonds. The summed E-state index contributed by atoms with van der Waals surface area (Å²) in [5.41, 5.74) is 0.257. The maximum absolute atomic E-state index is 12.2. The lowest BCUT2D eigenvalue weighted by Gasteiger charge is -2.19. The van der Waals surface area contributed by atoms with Gasteiger partial charge in [0.05, 0.1) is 15.5 Å². The Kier molecular flexibility index (Phi) is 4.29. The molecule has 0 unspecified atom stereocenters. The summed E-state index contributed by atoms with van der Waals surface area (Å²) < 4.78 is 21.2. The first-order valence-corrected chi connectivity index (χ1v) is 8.59. The Morgan fingerprint density at radius 2 is 2.20 bits per heavy atom. The summed E-state index contributed by atoms with van der Waals surface area (Å²) in [6.07, 6.45) is 0. The highest BCUT2D eigenvalue weighted by atomic mass is 35.5. The highest BCUT2D eigenvalue weighted by molar-refractivity contribution is 7.13. The van der Waals surface area contributed by atoms with Crippen molar-refractivity contribution in [1.29, 1.82) is 0 Å². The van der Waals surface area contributed by atoms with Crippen LogP contribution in [0.3, 0.4) is 0 Å². The molecule has 2 aromatic heterocycles. The molecule has 0 spiro atoms. The van der Waals surface area contributed by atoms with Crippen LogP contribution in [-0.2, 0) is 11.3 Å². The molecule has 1 aliphatic rings. The smallest absolute Gasteiger partial charge is 0.338 e. The SMILES string of the molecule is O=C(OCc1nc(-c2cccs2)no1)c1cc(Cl)c2c(c1)OCCO2. The van der Waals surface area contributed by atoms with E-state index in [1.54, 1.807) is 0 Å². The van der Waals surface area contributed by atoms with Gasteiger partial charge in [0.1, 0.15) is 13.2 Å². The molecule has 3 aromatic rings. The molecule has 3 heterocycles. The summed E-state index contributed by atoms with van der Waals surface area (Å²) in [7, 11) is 0. The predicted molar refractivity (Wildman–Crippen MR) is 89.2 cm³/mol. The van der Waals surface area contributed by atoms with Crippen LogP contribution in [-0.4, -0.2) is 29.3 Å². The minimum absolute atomic E-state index is 0.136. The fourth-order valence-electron chi connectivity index (χ4n) is 2.26. The van der Waals surface area contributed by atoms with Crippen molar-refractivity contribution in [3.63, 3.8) is 0 Å². The molecule has 1 aromatic carbocycles. The largest absolute Gasteiger partial charge is 0.486 e. The van der Waals surface area contributed by atoms with Crippen LogP contribution < -0.4 is 9.47 Å². The van der Waals surface area contributed by atoms with E-state index >= 15 is 0 Å². The molecule has 0 saturated heterocycles. The Morgan fingerprint density at radius 1 is 1.32 bits per heavy atom. The summed E-state index contributed by atoms with van der Waals surface area (Å²) in [6, 6.07) is 6.78. The fraction of sp³-hybridized carbons (Fsp3) is 0.188.